The molecule has 0 unspecified atom stereocenters. The summed E-state index contributed by atoms with van der Waals surface area (Å²) in [6.07, 6.45) is 0.600. The molecule has 1 aromatic carbocycles. The van der Waals surface area contributed by atoms with Gasteiger partial charge in [-0.15, -0.1) is 0 Å². The van der Waals surface area contributed by atoms with E-state index in [0.717, 1.165) is 41.6 Å². The van der Waals surface area contributed by atoms with Gasteiger partial charge in [0.2, 0.25) is 11.8 Å². The van der Waals surface area contributed by atoms with Crippen molar-refractivity contribution < 1.29 is 22.7 Å². The molecule has 42 heavy (non-hydrogen) atoms. The number of carbonyl (C=O) groups is 1. The van der Waals surface area contributed by atoms with Crippen LogP contribution in [0.1, 0.15) is 53.9 Å². The minimum Gasteiger partial charge on any atom is -0.480 e. The molecule has 4 heterocycles. The Kier molecular flexibility index (Phi) is 7.03. The summed E-state index contributed by atoms with van der Waals surface area (Å²) < 4.78 is 46.3. The lowest BCUT2D eigenvalue weighted by Gasteiger charge is -2.29. The number of benzene rings is 1. The number of nitrogens with zero attached hydrogens (tertiary/aromatic N) is 7. The summed E-state index contributed by atoms with van der Waals surface area (Å²) in [5.74, 6) is 1.99. The normalized spacial score (nSPS) is 15.0. The van der Waals surface area contributed by atoms with Crippen LogP contribution in [-0.2, 0) is 37.5 Å². The lowest BCUT2D eigenvalue weighted by molar-refractivity contribution is -0.141. The molecule has 1 aliphatic carbocycles. The summed E-state index contributed by atoms with van der Waals surface area (Å²) in [7, 11) is 3.10. The van der Waals surface area contributed by atoms with Crippen LogP contribution in [0, 0.1) is 0 Å². The highest BCUT2D eigenvalue weighted by molar-refractivity contribution is 5.74. The van der Waals surface area contributed by atoms with Gasteiger partial charge in [0.05, 0.1) is 25.0 Å². The molecule has 0 radical (unpaired) electrons. The van der Waals surface area contributed by atoms with E-state index >= 15 is 0 Å². The lowest BCUT2D eigenvalue weighted by atomic mass is 10.0. The van der Waals surface area contributed by atoms with Crippen molar-refractivity contribution in [2.24, 2.45) is 7.05 Å². The number of fused-ring (bicyclic) bond motifs is 1. The Morgan fingerprint density at radius 2 is 1.88 bits per heavy atom. The van der Waals surface area contributed by atoms with Gasteiger partial charge in [0.1, 0.15) is 23.5 Å². The summed E-state index contributed by atoms with van der Waals surface area (Å²) >= 11 is 0. The largest absolute Gasteiger partial charge is 0.480 e. The van der Waals surface area contributed by atoms with Crippen molar-refractivity contribution in [1.29, 1.82) is 0 Å². The number of aromatic nitrogens is 6. The fraction of sp³-hybridized carbons (Fsp3) is 0.379. The van der Waals surface area contributed by atoms with Crippen LogP contribution in [0.2, 0.25) is 0 Å². The third-order valence-electron chi connectivity index (χ3n) is 7.57. The molecular weight excluding hydrogens is 549 g/mol. The standard InChI is InChI=1S/C29H29F3N8O2/c1-16(41)40-11-10-21-20(13-40)25(38-26(36-21)23-24(18-8-9-18)34-15-35-28(23)42-3)33-12-17-4-6-19(7-5-17)27-37-22(14-39(27)2)29(30,31)32/h4-7,14-15,18H,8-13H2,1-3H3,(H,33,36,38). The van der Waals surface area contributed by atoms with Gasteiger partial charge in [-0.2, -0.15) is 13.2 Å². The third kappa shape index (κ3) is 5.38. The van der Waals surface area contributed by atoms with Gasteiger partial charge in [0, 0.05) is 56.7 Å². The third-order valence-corrected chi connectivity index (χ3v) is 7.57. The molecule has 218 valence electrons. The molecule has 3 aromatic heterocycles. The summed E-state index contributed by atoms with van der Waals surface area (Å²) in [6.45, 7) is 2.86. The molecule has 1 N–H and O–H groups in total. The molecule has 0 bridgehead atoms. The molecule has 1 aliphatic heterocycles. The van der Waals surface area contributed by atoms with Crippen LogP contribution in [0.3, 0.4) is 0 Å². The van der Waals surface area contributed by atoms with Crippen LogP contribution < -0.4 is 10.1 Å². The Morgan fingerprint density at radius 1 is 1.12 bits per heavy atom. The molecule has 1 fully saturated rings. The van der Waals surface area contributed by atoms with Crippen LogP contribution in [0.15, 0.2) is 36.8 Å². The predicted octanol–water partition coefficient (Wildman–Crippen LogP) is 4.76. The Bertz CT molecular complexity index is 1650. The zero-order valence-electron chi connectivity index (χ0n) is 23.4. The highest BCUT2D eigenvalue weighted by Crippen LogP contribution is 2.45. The fourth-order valence-corrected chi connectivity index (χ4v) is 5.18. The van der Waals surface area contributed by atoms with E-state index in [0.29, 0.717) is 60.6 Å². The van der Waals surface area contributed by atoms with E-state index in [-0.39, 0.29) is 11.7 Å². The molecule has 1 amide bonds. The smallest absolute Gasteiger partial charge is 0.434 e. The molecule has 10 nitrogen and oxygen atoms in total. The number of alkyl halides is 3. The van der Waals surface area contributed by atoms with Crippen LogP contribution in [-0.4, -0.2) is 53.9 Å². The quantitative estimate of drug-likeness (QED) is 0.334. The minimum atomic E-state index is -4.51. The van der Waals surface area contributed by atoms with Gasteiger partial charge in [-0.25, -0.2) is 24.9 Å². The maximum Gasteiger partial charge on any atom is 0.434 e. The number of nitrogens with one attached hydrogen (secondary N) is 1. The molecule has 0 spiro atoms. The maximum atomic E-state index is 13.1. The van der Waals surface area contributed by atoms with Crippen molar-refractivity contribution in [3.05, 3.63) is 65.0 Å². The lowest BCUT2D eigenvalue weighted by Crippen LogP contribution is -2.35. The van der Waals surface area contributed by atoms with E-state index in [9.17, 15) is 18.0 Å². The topological polar surface area (TPSA) is 111 Å². The van der Waals surface area contributed by atoms with E-state index in [1.54, 1.807) is 31.1 Å². The van der Waals surface area contributed by atoms with Crippen molar-refractivity contribution in [2.45, 2.75) is 51.4 Å². The Balaban J connectivity index is 1.32. The number of anilines is 1. The van der Waals surface area contributed by atoms with Crippen LogP contribution in [0.4, 0.5) is 19.0 Å². The van der Waals surface area contributed by atoms with Crippen molar-refractivity contribution in [3.8, 4) is 28.7 Å². The predicted molar refractivity (Wildman–Crippen MR) is 147 cm³/mol. The maximum absolute atomic E-state index is 13.1. The van der Waals surface area contributed by atoms with E-state index in [1.165, 1.54) is 17.9 Å². The van der Waals surface area contributed by atoms with Gasteiger partial charge in [-0.3, -0.25) is 4.79 Å². The van der Waals surface area contributed by atoms with Crippen molar-refractivity contribution in [3.63, 3.8) is 0 Å². The Labute approximate surface area is 240 Å². The van der Waals surface area contributed by atoms with Crippen molar-refractivity contribution in [2.75, 3.05) is 19.0 Å². The van der Waals surface area contributed by atoms with Crippen LogP contribution >= 0.6 is 0 Å². The highest BCUT2D eigenvalue weighted by Gasteiger charge is 2.35. The van der Waals surface area contributed by atoms with Crippen molar-refractivity contribution >= 4 is 11.7 Å². The monoisotopic (exact) mass is 578 g/mol. The molecule has 13 heteroatoms. The van der Waals surface area contributed by atoms with Crippen LogP contribution in [0.25, 0.3) is 22.8 Å². The fourth-order valence-electron chi connectivity index (χ4n) is 5.18. The van der Waals surface area contributed by atoms with Gasteiger partial charge in [-0.05, 0) is 18.4 Å². The molecule has 0 saturated heterocycles. The summed E-state index contributed by atoms with van der Waals surface area (Å²) in [6, 6.07) is 7.15. The van der Waals surface area contributed by atoms with Gasteiger partial charge >= 0.3 is 6.18 Å². The number of ether oxygens (including phenoxy) is 1. The van der Waals surface area contributed by atoms with Crippen LogP contribution in [0.5, 0.6) is 5.88 Å². The minimum absolute atomic E-state index is 0.0246. The zero-order chi connectivity index (χ0) is 29.6. The number of methoxy groups -OCH3 is 1. The summed E-state index contributed by atoms with van der Waals surface area (Å²) in [5, 5.41) is 3.41. The van der Waals surface area contributed by atoms with E-state index in [4.69, 9.17) is 14.7 Å². The highest BCUT2D eigenvalue weighted by atomic mass is 19.4. The van der Waals surface area contributed by atoms with Gasteiger partial charge < -0.3 is 19.5 Å². The van der Waals surface area contributed by atoms with Gasteiger partial charge in [0.15, 0.2) is 11.5 Å². The van der Waals surface area contributed by atoms with E-state index in [1.807, 2.05) is 12.1 Å². The van der Waals surface area contributed by atoms with E-state index in [2.05, 4.69) is 20.3 Å². The second-order valence-electron chi connectivity index (χ2n) is 10.5. The number of hydrogen-bond donors (Lipinski definition) is 1. The molecule has 6 rings (SSSR count). The van der Waals surface area contributed by atoms with Gasteiger partial charge in [0.25, 0.3) is 0 Å². The first-order valence-electron chi connectivity index (χ1n) is 13.6. The first kappa shape index (κ1) is 27.6. The Morgan fingerprint density at radius 3 is 2.52 bits per heavy atom. The zero-order valence-corrected chi connectivity index (χ0v) is 23.4. The van der Waals surface area contributed by atoms with Gasteiger partial charge in [-0.1, -0.05) is 24.3 Å². The van der Waals surface area contributed by atoms with E-state index < -0.39 is 11.9 Å². The number of aryl methyl sites for hydroxylation is 1. The van der Waals surface area contributed by atoms with Crippen molar-refractivity contribution in [1.82, 2.24) is 34.4 Å². The second-order valence-corrected chi connectivity index (χ2v) is 10.5. The first-order chi connectivity index (χ1) is 20.1. The number of rotatable bonds is 7. The average molecular weight is 579 g/mol. The number of hydrogen-bond acceptors (Lipinski definition) is 8. The second kappa shape index (κ2) is 10.7. The number of halogens is 3. The summed E-state index contributed by atoms with van der Waals surface area (Å²) in [4.78, 5) is 36.4. The molecular formula is C29H29F3N8O2. The Hall–Kier alpha value is -4.55. The molecule has 0 atom stereocenters. The average Bonchev–Trinajstić information content (AvgIpc) is 3.75. The number of imidazole rings is 1. The molecule has 2 aliphatic rings. The number of amides is 1. The number of carbonyl (C=O) groups excluding carboxylic acids is 1. The molecule has 1 saturated carbocycles. The SMILES string of the molecule is COc1ncnc(C2CC2)c1-c1nc2c(c(NCc3ccc(-c4nc(C(F)(F)F)cn4C)cc3)n1)CN(C(C)=O)CC2. The summed E-state index contributed by atoms with van der Waals surface area (Å²) in [5.41, 5.74) is 3.76. The first-order valence-corrected chi connectivity index (χ1v) is 13.6. The molecule has 4 aromatic rings.